The summed E-state index contributed by atoms with van der Waals surface area (Å²) in [5.74, 6) is -0.865. The number of benzene rings is 1. The first-order chi connectivity index (χ1) is 8.14. The summed E-state index contributed by atoms with van der Waals surface area (Å²) in [7, 11) is 0. The third-order valence-corrected chi connectivity index (χ3v) is 2.94. The van der Waals surface area contributed by atoms with Gasteiger partial charge >= 0.3 is 6.18 Å². The molecule has 0 heterocycles. The average molecular weight is 263 g/mol. The zero-order chi connectivity index (χ0) is 14.0. The Morgan fingerprint density at radius 3 is 2.22 bits per heavy atom. The SMILES string of the molecule is CCC(C)(C)NCc1cc(F)cc(C(F)(F)F)c1. The van der Waals surface area contributed by atoms with Crippen LogP contribution in [0, 0.1) is 5.82 Å². The molecule has 0 unspecified atom stereocenters. The smallest absolute Gasteiger partial charge is 0.308 e. The lowest BCUT2D eigenvalue weighted by Gasteiger charge is -2.24. The molecule has 0 radical (unpaired) electrons. The molecule has 0 spiro atoms. The van der Waals surface area contributed by atoms with Gasteiger partial charge in [-0.3, -0.25) is 0 Å². The van der Waals surface area contributed by atoms with Gasteiger partial charge in [-0.1, -0.05) is 6.92 Å². The summed E-state index contributed by atoms with van der Waals surface area (Å²) in [5.41, 5.74) is -0.845. The second-order valence-corrected chi connectivity index (χ2v) is 4.94. The van der Waals surface area contributed by atoms with Crippen molar-refractivity contribution in [3.8, 4) is 0 Å². The van der Waals surface area contributed by atoms with E-state index in [2.05, 4.69) is 5.32 Å². The Morgan fingerprint density at radius 1 is 1.11 bits per heavy atom. The van der Waals surface area contributed by atoms with E-state index in [1.165, 1.54) is 0 Å². The van der Waals surface area contributed by atoms with Crippen molar-refractivity contribution >= 4 is 0 Å². The molecule has 0 aromatic heterocycles. The van der Waals surface area contributed by atoms with Gasteiger partial charge in [0.15, 0.2) is 0 Å². The molecule has 1 aromatic carbocycles. The second-order valence-electron chi connectivity index (χ2n) is 4.94. The Labute approximate surface area is 104 Å². The first-order valence-electron chi connectivity index (χ1n) is 5.76. The molecule has 0 bridgehead atoms. The predicted molar refractivity (Wildman–Crippen MR) is 62.6 cm³/mol. The van der Waals surface area contributed by atoms with E-state index >= 15 is 0 Å². The molecule has 0 atom stereocenters. The van der Waals surface area contributed by atoms with Crippen LogP contribution in [0.1, 0.15) is 38.3 Å². The molecule has 18 heavy (non-hydrogen) atoms. The summed E-state index contributed by atoms with van der Waals surface area (Å²) in [6.07, 6.45) is -3.69. The zero-order valence-electron chi connectivity index (χ0n) is 10.7. The van der Waals surface area contributed by atoms with Gasteiger partial charge in [-0.15, -0.1) is 0 Å². The minimum Gasteiger partial charge on any atom is -0.308 e. The number of hydrogen-bond acceptors (Lipinski definition) is 1. The fourth-order valence-electron chi connectivity index (χ4n) is 1.38. The molecule has 102 valence electrons. The summed E-state index contributed by atoms with van der Waals surface area (Å²) < 4.78 is 50.6. The quantitative estimate of drug-likeness (QED) is 0.806. The zero-order valence-corrected chi connectivity index (χ0v) is 10.7. The van der Waals surface area contributed by atoms with Crippen molar-refractivity contribution in [2.75, 3.05) is 0 Å². The molecule has 5 heteroatoms. The number of nitrogens with one attached hydrogen (secondary N) is 1. The first-order valence-corrected chi connectivity index (χ1v) is 5.76. The van der Waals surface area contributed by atoms with E-state index in [0.29, 0.717) is 11.6 Å². The Balaban J connectivity index is 2.88. The fraction of sp³-hybridized carbons (Fsp3) is 0.538. The maximum Gasteiger partial charge on any atom is 0.416 e. The molecule has 0 amide bonds. The Kier molecular flexibility index (Phi) is 4.37. The summed E-state index contributed by atoms with van der Waals surface area (Å²) in [6.45, 7) is 6.06. The van der Waals surface area contributed by atoms with E-state index in [4.69, 9.17) is 0 Å². The van der Waals surface area contributed by atoms with Gasteiger partial charge in [-0.05, 0) is 44.0 Å². The Bertz CT molecular complexity index is 410. The number of rotatable bonds is 4. The van der Waals surface area contributed by atoms with Gasteiger partial charge < -0.3 is 5.32 Å². The van der Waals surface area contributed by atoms with Crippen LogP contribution in [0.2, 0.25) is 0 Å². The highest BCUT2D eigenvalue weighted by atomic mass is 19.4. The summed E-state index contributed by atoms with van der Waals surface area (Å²) in [6, 6.07) is 2.60. The summed E-state index contributed by atoms with van der Waals surface area (Å²) >= 11 is 0. The van der Waals surface area contributed by atoms with E-state index in [1.807, 2.05) is 20.8 Å². The third-order valence-electron chi connectivity index (χ3n) is 2.94. The van der Waals surface area contributed by atoms with Crippen LogP contribution >= 0.6 is 0 Å². The first kappa shape index (κ1) is 15.0. The normalized spacial score (nSPS) is 12.8. The molecule has 1 N–H and O–H groups in total. The number of hydrogen-bond donors (Lipinski definition) is 1. The van der Waals surface area contributed by atoms with Crippen LogP contribution in [-0.4, -0.2) is 5.54 Å². The second kappa shape index (κ2) is 5.26. The minimum absolute atomic E-state index is 0.190. The molecule has 1 nitrogen and oxygen atoms in total. The van der Waals surface area contributed by atoms with Gasteiger partial charge in [0.05, 0.1) is 5.56 Å². The van der Waals surface area contributed by atoms with Gasteiger partial charge in [0.2, 0.25) is 0 Å². The lowest BCUT2D eigenvalue weighted by atomic mass is 10.0. The topological polar surface area (TPSA) is 12.0 Å². The van der Waals surface area contributed by atoms with E-state index in [-0.39, 0.29) is 12.1 Å². The monoisotopic (exact) mass is 263 g/mol. The molecule has 0 aliphatic carbocycles. The van der Waals surface area contributed by atoms with Gasteiger partial charge in [-0.25, -0.2) is 4.39 Å². The van der Waals surface area contributed by atoms with Gasteiger partial charge in [0, 0.05) is 12.1 Å². The van der Waals surface area contributed by atoms with Gasteiger partial charge in [0.1, 0.15) is 5.82 Å². The van der Waals surface area contributed by atoms with Crippen molar-refractivity contribution in [2.45, 2.75) is 45.5 Å². The van der Waals surface area contributed by atoms with Crippen LogP contribution in [0.3, 0.4) is 0 Å². The molecule has 0 aliphatic rings. The molecule has 0 saturated heterocycles. The van der Waals surface area contributed by atoms with Gasteiger partial charge in [-0.2, -0.15) is 13.2 Å². The minimum atomic E-state index is -4.52. The number of halogens is 4. The van der Waals surface area contributed by atoms with E-state index in [0.717, 1.165) is 18.6 Å². The van der Waals surface area contributed by atoms with Crippen molar-refractivity contribution in [3.63, 3.8) is 0 Å². The van der Waals surface area contributed by atoms with Crippen molar-refractivity contribution in [1.29, 1.82) is 0 Å². The van der Waals surface area contributed by atoms with Crippen LogP contribution < -0.4 is 5.32 Å². The van der Waals surface area contributed by atoms with Crippen LogP contribution in [0.25, 0.3) is 0 Å². The molecular weight excluding hydrogens is 246 g/mol. The standard InChI is InChI=1S/C13H17F4N/c1-4-12(2,3)18-8-9-5-10(13(15,16)17)7-11(14)6-9/h5-7,18H,4,8H2,1-3H3. The lowest BCUT2D eigenvalue weighted by molar-refractivity contribution is -0.137. The predicted octanol–water partition coefficient (Wildman–Crippen LogP) is 4.12. The van der Waals surface area contributed by atoms with Crippen LogP contribution in [0.5, 0.6) is 0 Å². The fourth-order valence-corrected chi connectivity index (χ4v) is 1.38. The van der Waals surface area contributed by atoms with E-state index in [9.17, 15) is 17.6 Å². The highest BCUT2D eigenvalue weighted by molar-refractivity contribution is 5.26. The maximum absolute atomic E-state index is 13.1. The van der Waals surface area contributed by atoms with Crippen LogP contribution in [0.4, 0.5) is 17.6 Å². The highest BCUT2D eigenvalue weighted by Gasteiger charge is 2.31. The Morgan fingerprint density at radius 2 is 1.72 bits per heavy atom. The number of alkyl halides is 3. The summed E-state index contributed by atoms with van der Waals surface area (Å²) in [4.78, 5) is 0. The van der Waals surface area contributed by atoms with Gasteiger partial charge in [0.25, 0.3) is 0 Å². The molecule has 1 rings (SSSR count). The van der Waals surface area contributed by atoms with Crippen molar-refractivity contribution in [1.82, 2.24) is 5.32 Å². The highest BCUT2D eigenvalue weighted by Crippen LogP contribution is 2.30. The van der Waals surface area contributed by atoms with Crippen LogP contribution in [0.15, 0.2) is 18.2 Å². The van der Waals surface area contributed by atoms with E-state index < -0.39 is 17.6 Å². The third kappa shape index (κ3) is 4.29. The largest absolute Gasteiger partial charge is 0.416 e. The molecule has 0 fully saturated rings. The lowest BCUT2D eigenvalue weighted by Crippen LogP contribution is -2.37. The Hall–Kier alpha value is -1.10. The molecular formula is C13H17F4N. The van der Waals surface area contributed by atoms with E-state index in [1.54, 1.807) is 0 Å². The van der Waals surface area contributed by atoms with Crippen molar-refractivity contribution < 1.29 is 17.6 Å². The summed E-state index contributed by atoms with van der Waals surface area (Å²) in [5, 5.41) is 3.10. The van der Waals surface area contributed by atoms with Crippen molar-refractivity contribution in [3.05, 3.63) is 35.1 Å². The molecule has 1 aromatic rings. The maximum atomic E-state index is 13.1. The van der Waals surface area contributed by atoms with Crippen molar-refractivity contribution in [2.24, 2.45) is 0 Å². The average Bonchev–Trinajstić information content (AvgIpc) is 2.25. The molecule has 0 saturated carbocycles. The van der Waals surface area contributed by atoms with Crippen LogP contribution in [-0.2, 0) is 12.7 Å². The molecule has 0 aliphatic heterocycles.